The molecule has 18 heavy (non-hydrogen) atoms. The van der Waals surface area contributed by atoms with Crippen molar-refractivity contribution < 1.29 is 19.4 Å². The lowest BCUT2D eigenvalue weighted by molar-refractivity contribution is -0.153. The molecule has 0 aliphatic carbocycles. The Labute approximate surface area is 106 Å². The molecule has 2 heterocycles. The van der Waals surface area contributed by atoms with Crippen LogP contribution in [-0.4, -0.2) is 52.7 Å². The molecular formula is C12H20N2O4. The molecule has 6 heteroatoms. The van der Waals surface area contributed by atoms with Gasteiger partial charge in [-0.3, -0.25) is 4.79 Å². The molecule has 3 unspecified atom stereocenters. The molecule has 0 spiro atoms. The van der Waals surface area contributed by atoms with Crippen LogP contribution in [0.15, 0.2) is 0 Å². The number of amides is 1. The van der Waals surface area contributed by atoms with E-state index in [0.717, 1.165) is 12.8 Å². The Morgan fingerprint density at radius 1 is 1.39 bits per heavy atom. The van der Waals surface area contributed by atoms with Gasteiger partial charge in [-0.2, -0.15) is 0 Å². The van der Waals surface area contributed by atoms with Crippen molar-refractivity contribution >= 4 is 11.9 Å². The van der Waals surface area contributed by atoms with Crippen molar-refractivity contribution in [3.8, 4) is 0 Å². The van der Waals surface area contributed by atoms with Crippen LogP contribution in [0.3, 0.4) is 0 Å². The van der Waals surface area contributed by atoms with Gasteiger partial charge in [0.05, 0.1) is 12.7 Å². The van der Waals surface area contributed by atoms with Crippen molar-refractivity contribution in [1.82, 2.24) is 4.90 Å². The molecule has 2 bridgehead atoms. The summed E-state index contributed by atoms with van der Waals surface area (Å²) in [6, 6.07) is -1.19. The molecule has 0 radical (unpaired) electrons. The van der Waals surface area contributed by atoms with Gasteiger partial charge in [0.25, 0.3) is 5.91 Å². The number of rotatable bonds is 3. The molecule has 3 atom stereocenters. The number of hydrogen-bond acceptors (Lipinski definition) is 5. The van der Waals surface area contributed by atoms with Crippen LogP contribution in [0, 0.1) is 0 Å². The van der Waals surface area contributed by atoms with Gasteiger partial charge in [-0.05, 0) is 32.6 Å². The Hall–Kier alpha value is -1.14. The Balaban J connectivity index is 2.03. The summed E-state index contributed by atoms with van der Waals surface area (Å²) in [6.45, 7) is 1.89. The maximum Gasteiger partial charge on any atom is 0.332 e. The van der Waals surface area contributed by atoms with Crippen molar-refractivity contribution in [2.24, 2.45) is 5.73 Å². The third-order valence-corrected chi connectivity index (χ3v) is 3.77. The number of carbonyl (C=O) groups excluding carboxylic acids is 2. The number of nitrogens with zero attached hydrogens (tertiary/aromatic N) is 1. The number of nitrogens with two attached hydrogens (primary N) is 1. The lowest BCUT2D eigenvalue weighted by Crippen LogP contribution is -2.56. The number of ether oxygens (including phenoxy) is 1. The molecule has 3 N–H and O–H groups in total. The van der Waals surface area contributed by atoms with E-state index in [4.69, 9.17) is 10.5 Å². The zero-order valence-electron chi connectivity index (χ0n) is 10.5. The predicted molar refractivity (Wildman–Crippen MR) is 63.5 cm³/mol. The lowest BCUT2D eigenvalue weighted by Gasteiger charge is -2.38. The summed E-state index contributed by atoms with van der Waals surface area (Å²) in [5.41, 5.74) is 5.64. The van der Waals surface area contributed by atoms with Crippen molar-refractivity contribution in [3.05, 3.63) is 0 Å². The quantitative estimate of drug-likeness (QED) is 0.519. The standard InChI is InChI=1S/C12H20N2O4/c1-2-18-12(17)10(13)11(16)14-7-3-4-8(14)6-9(15)5-7/h7-10,15H,2-6,13H2,1H3. The second-order valence-electron chi connectivity index (χ2n) is 4.99. The van der Waals surface area contributed by atoms with E-state index in [1.54, 1.807) is 11.8 Å². The number of aliphatic hydroxyl groups excluding tert-OH is 1. The highest BCUT2D eigenvalue weighted by Gasteiger charge is 2.45. The fourth-order valence-corrected chi connectivity index (χ4v) is 3.00. The minimum atomic E-state index is -1.23. The highest BCUT2D eigenvalue weighted by Crippen LogP contribution is 2.35. The summed E-state index contributed by atoms with van der Waals surface area (Å²) in [4.78, 5) is 25.4. The van der Waals surface area contributed by atoms with Crippen LogP contribution in [0.4, 0.5) is 0 Å². The van der Waals surface area contributed by atoms with E-state index in [0.29, 0.717) is 12.8 Å². The molecule has 2 saturated heterocycles. The topological polar surface area (TPSA) is 92.9 Å². The van der Waals surface area contributed by atoms with Gasteiger partial charge in [0.15, 0.2) is 6.04 Å². The summed E-state index contributed by atoms with van der Waals surface area (Å²) in [5, 5.41) is 9.66. The third kappa shape index (κ3) is 2.35. The average molecular weight is 256 g/mol. The molecule has 102 valence electrons. The Morgan fingerprint density at radius 2 is 1.94 bits per heavy atom. The number of carbonyl (C=O) groups is 2. The number of aliphatic hydroxyl groups is 1. The van der Waals surface area contributed by atoms with Crippen LogP contribution < -0.4 is 5.73 Å². The van der Waals surface area contributed by atoms with Gasteiger partial charge in [-0.25, -0.2) is 4.79 Å². The second-order valence-corrected chi connectivity index (χ2v) is 4.99. The third-order valence-electron chi connectivity index (χ3n) is 3.77. The monoisotopic (exact) mass is 256 g/mol. The SMILES string of the molecule is CCOC(=O)C(N)C(=O)N1C2CCC1CC(O)C2. The molecule has 0 aromatic carbocycles. The molecule has 2 aliphatic rings. The molecule has 2 aliphatic heterocycles. The zero-order valence-corrected chi connectivity index (χ0v) is 10.5. The normalized spacial score (nSPS) is 32.2. The van der Waals surface area contributed by atoms with Crippen LogP contribution >= 0.6 is 0 Å². The van der Waals surface area contributed by atoms with E-state index in [-0.39, 0.29) is 30.7 Å². The van der Waals surface area contributed by atoms with Crippen LogP contribution in [0.1, 0.15) is 32.6 Å². The van der Waals surface area contributed by atoms with E-state index >= 15 is 0 Å². The molecule has 2 rings (SSSR count). The first kappa shape index (κ1) is 13.3. The van der Waals surface area contributed by atoms with Crippen molar-refractivity contribution in [1.29, 1.82) is 0 Å². The van der Waals surface area contributed by atoms with Crippen molar-refractivity contribution in [2.45, 2.75) is 56.8 Å². The highest BCUT2D eigenvalue weighted by molar-refractivity contribution is 6.02. The summed E-state index contributed by atoms with van der Waals surface area (Å²) in [5.74, 6) is -1.04. The number of esters is 1. The average Bonchev–Trinajstić information content (AvgIpc) is 2.60. The Bertz CT molecular complexity index is 333. The fourth-order valence-electron chi connectivity index (χ4n) is 3.00. The first-order valence-corrected chi connectivity index (χ1v) is 6.47. The maximum absolute atomic E-state index is 12.2. The van der Waals surface area contributed by atoms with E-state index in [1.807, 2.05) is 0 Å². The van der Waals surface area contributed by atoms with Gasteiger partial charge in [0.2, 0.25) is 0 Å². The molecule has 0 aromatic heterocycles. The van der Waals surface area contributed by atoms with Crippen LogP contribution in [-0.2, 0) is 14.3 Å². The summed E-state index contributed by atoms with van der Waals surface area (Å²) >= 11 is 0. The van der Waals surface area contributed by atoms with E-state index < -0.39 is 12.0 Å². The smallest absolute Gasteiger partial charge is 0.332 e. The molecule has 0 aromatic rings. The summed E-state index contributed by atoms with van der Waals surface area (Å²) < 4.78 is 4.77. The van der Waals surface area contributed by atoms with Crippen LogP contribution in [0.2, 0.25) is 0 Å². The number of piperidine rings is 1. The van der Waals surface area contributed by atoms with Crippen LogP contribution in [0.25, 0.3) is 0 Å². The summed E-state index contributed by atoms with van der Waals surface area (Å²) in [6.07, 6.45) is 2.58. The van der Waals surface area contributed by atoms with Gasteiger partial charge >= 0.3 is 5.97 Å². The van der Waals surface area contributed by atoms with E-state index in [2.05, 4.69) is 0 Å². The van der Waals surface area contributed by atoms with Crippen LogP contribution in [0.5, 0.6) is 0 Å². The molecule has 1 amide bonds. The first-order valence-electron chi connectivity index (χ1n) is 6.47. The number of fused-ring (bicyclic) bond motifs is 2. The molecular weight excluding hydrogens is 236 g/mol. The van der Waals surface area contributed by atoms with Crippen molar-refractivity contribution in [2.75, 3.05) is 6.61 Å². The maximum atomic E-state index is 12.2. The minimum absolute atomic E-state index is 0.0201. The van der Waals surface area contributed by atoms with Gasteiger partial charge in [0, 0.05) is 12.1 Å². The second kappa shape index (κ2) is 5.24. The predicted octanol–water partition coefficient (Wildman–Crippen LogP) is -0.609. The molecule has 2 fully saturated rings. The first-order chi connectivity index (χ1) is 8.54. The van der Waals surface area contributed by atoms with Gasteiger partial charge in [-0.15, -0.1) is 0 Å². The van der Waals surface area contributed by atoms with Crippen molar-refractivity contribution in [3.63, 3.8) is 0 Å². The zero-order chi connectivity index (χ0) is 13.3. The van der Waals surface area contributed by atoms with Gasteiger partial charge < -0.3 is 20.5 Å². The Kier molecular flexibility index (Phi) is 3.87. The molecule has 6 nitrogen and oxygen atoms in total. The lowest BCUT2D eigenvalue weighted by atomic mass is 9.99. The largest absolute Gasteiger partial charge is 0.464 e. The minimum Gasteiger partial charge on any atom is -0.464 e. The fraction of sp³-hybridized carbons (Fsp3) is 0.833. The Morgan fingerprint density at radius 3 is 2.44 bits per heavy atom. The number of hydrogen-bond donors (Lipinski definition) is 2. The van der Waals surface area contributed by atoms with Gasteiger partial charge in [0.1, 0.15) is 0 Å². The molecule has 0 saturated carbocycles. The van der Waals surface area contributed by atoms with E-state index in [9.17, 15) is 14.7 Å². The summed E-state index contributed by atoms with van der Waals surface area (Å²) in [7, 11) is 0. The van der Waals surface area contributed by atoms with Gasteiger partial charge in [-0.1, -0.05) is 0 Å². The highest BCUT2D eigenvalue weighted by atomic mass is 16.5. The van der Waals surface area contributed by atoms with E-state index in [1.165, 1.54) is 0 Å².